The van der Waals surface area contributed by atoms with Crippen molar-refractivity contribution in [3.8, 4) is 56.8 Å². The number of benzene rings is 6. The summed E-state index contributed by atoms with van der Waals surface area (Å²) in [5, 5.41) is 0. The van der Waals surface area contributed by atoms with Crippen molar-refractivity contribution in [2.24, 2.45) is 0 Å². The molecule has 44 heteroatoms. The second-order valence-electron chi connectivity index (χ2n) is 29.0. The van der Waals surface area contributed by atoms with E-state index in [1.54, 1.807) is 0 Å². The van der Waals surface area contributed by atoms with E-state index in [0.29, 0.717) is 119 Å². The number of rotatable bonds is 1. The number of nitrogens with zero attached hydrogens (tertiary/aromatic N) is 4. The van der Waals surface area contributed by atoms with E-state index in [9.17, 15) is 101 Å². The third kappa shape index (κ3) is 53.8. The molecule has 13 aliphatic heterocycles. The molecular weight excluding hydrogens is 1820 g/mol. The van der Waals surface area contributed by atoms with Gasteiger partial charge in [-0.25, -0.2) is 18.3 Å². The minimum absolute atomic E-state index is 0.0980. The first-order valence-corrected chi connectivity index (χ1v) is 46.6. The summed E-state index contributed by atoms with van der Waals surface area (Å²) in [6, 6.07) is 68.0. The Bertz CT molecular complexity index is 4550. The van der Waals surface area contributed by atoms with Crippen LogP contribution < -0.4 is 46.7 Å². The summed E-state index contributed by atoms with van der Waals surface area (Å²) in [4.78, 5) is 0. The molecule has 23 rings (SSSR count). The van der Waals surface area contributed by atoms with E-state index in [4.69, 9.17) is 56.8 Å². The molecule has 16 nitrogen and oxygen atoms in total. The van der Waals surface area contributed by atoms with Crippen molar-refractivity contribution in [3.63, 3.8) is 0 Å². The molecule has 0 atom stereocenters. The summed E-state index contributed by atoms with van der Waals surface area (Å²) in [6.45, 7) is 18.8. The molecule has 0 spiro atoms. The number of aromatic nitrogens is 4. The van der Waals surface area contributed by atoms with Gasteiger partial charge in [0.2, 0.25) is 0 Å². The standard InChI is InChI=1S/C55H54N4O2.C28H40O10.4F6P/c1-55(2,3)51-17-15-50(16-18-51)54-48-11-7-42(8-12-48)40-58-31-23-46(24-32-58)44-19-27-56(28-20-44)35-37-60-52-5-4-6-53(39-52)61-38-36-57-29-21-45(22-30-57)47-25-33-59(34-26-47)41-43-9-13-49(54)14-10-43;1-2-26-4-3-25(1)35-21-17-31-13-9-29-11-15-33-19-23-37-27-5-7-28(8-6-27)38-24-20-34-16-12-30-10-14-32-18-22-36-26;4*1-7(2,3,4,5)6/h4-34,39,54H,35-38,40-41H2,1-3H3;1-8H,9-24H2;;;;/q+4;;4*-1. The van der Waals surface area contributed by atoms with Crippen molar-refractivity contribution in [3.05, 3.63) is 277 Å². The van der Waals surface area contributed by atoms with E-state index in [-0.39, 0.29) is 11.3 Å². The third-order valence-electron chi connectivity index (χ3n) is 16.9. The van der Waals surface area contributed by atoms with Crippen LogP contribution in [0.5, 0.6) is 34.5 Å². The fraction of sp³-hybridized carbons (Fsp3) is 0.325. The molecule has 6 aromatic carbocycles. The maximum absolute atomic E-state index is 10.7. The first-order chi connectivity index (χ1) is 58.5. The molecule has 706 valence electrons. The molecule has 0 N–H and O–H groups in total. The zero-order valence-electron chi connectivity index (χ0n) is 68.3. The van der Waals surface area contributed by atoms with Crippen LogP contribution in [0.15, 0.2) is 244 Å². The summed E-state index contributed by atoms with van der Waals surface area (Å²) in [5.74, 6) is 4.77. The Morgan fingerprint density at radius 1 is 0.236 bits per heavy atom. The van der Waals surface area contributed by atoms with Gasteiger partial charge >= 0.3 is 132 Å². The summed E-state index contributed by atoms with van der Waals surface area (Å²) >= 11 is 0. The molecule has 0 radical (unpaired) electrons. The minimum atomic E-state index is -10.7. The zero-order chi connectivity index (χ0) is 93.6. The first kappa shape index (κ1) is 105. The second kappa shape index (κ2) is 41.5. The van der Waals surface area contributed by atoms with Crippen molar-refractivity contribution in [2.75, 3.05) is 119 Å². The predicted molar refractivity (Wildman–Crippen MR) is 433 cm³/mol. The molecule has 0 aliphatic carbocycles. The molecule has 17 heterocycles. The Labute approximate surface area is 715 Å². The Morgan fingerprint density at radius 2 is 0.441 bits per heavy atom. The van der Waals surface area contributed by atoms with Crippen LogP contribution in [0, 0.1) is 0 Å². The molecule has 10 aromatic rings. The van der Waals surface area contributed by atoms with Crippen molar-refractivity contribution in [1.82, 2.24) is 0 Å². The van der Waals surface area contributed by atoms with Gasteiger partial charge in [-0.3, -0.25) is 0 Å². The first-order valence-electron chi connectivity index (χ1n) is 38.5. The van der Waals surface area contributed by atoms with Gasteiger partial charge in [0.1, 0.15) is 74.1 Å². The van der Waals surface area contributed by atoms with E-state index in [1.807, 2.05) is 72.8 Å². The van der Waals surface area contributed by atoms with Gasteiger partial charge in [0, 0.05) is 71.6 Å². The van der Waals surface area contributed by atoms with Crippen molar-refractivity contribution >= 4 is 31.2 Å². The fourth-order valence-corrected chi connectivity index (χ4v) is 11.3. The van der Waals surface area contributed by atoms with Gasteiger partial charge < -0.3 is 56.8 Å². The van der Waals surface area contributed by atoms with Crippen molar-refractivity contribution in [2.45, 2.75) is 58.3 Å². The van der Waals surface area contributed by atoms with Gasteiger partial charge in [-0.2, -0.15) is 0 Å². The average Bonchev–Trinajstić information content (AvgIpc) is 0.827. The van der Waals surface area contributed by atoms with Gasteiger partial charge in [-0.15, -0.1) is 0 Å². The van der Waals surface area contributed by atoms with Crippen LogP contribution in [-0.2, 0) is 60.0 Å². The Balaban J connectivity index is 0.000000282. The van der Waals surface area contributed by atoms with E-state index in [0.717, 1.165) is 60.7 Å². The predicted octanol–water partition coefficient (Wildman–Crippen LogP) is 25.8. The van der Waals surface area contributed by atoms with Crippen molar-refractivity contribution in [1.29, 1.82) is 0 Å². The molecule has 13 aliphatic rings. The monoisotopic (exact) mass is 1920 g/mol. The topological polar surface area (TPSA) is 126 Å². The van der Waals surface area contributed by atoms with Gasteiger partial charge in [0.25, 0.3) is 0 Å². The van der Waals surface area contributed by atoms with E-state index < -0.39 is 31.2 Å². The number of fused-ring (bicyclic) bond motifs is 2. The normalized spacial score (nSPS) is 17.4. The van der Waals surface area contributed by atoms with Crippen LogP contribution in [0.4, 0.5) is 101 Å². The van der Waals surface area contributed by atoms with Crippen LogP contribution in [0.2, 0.25) is 0 Å². The average molecular weight is 1920 g/mol. The van der Waals surface area contributed by atoms with Gasteiger partial charge in [0.05, 0.1) is 79.3 Å². The number of ether oxygens (including phenoxy) is 12. The van der Waals surface area contributed by atoms with Crippen LogP contribution in [0.1, 0.15) is 60.1 Å². The largest absolute Gasteiger partial charge is 0.491 e. The number of pyridine rings is 4. The Hall–Kier alpha value is -9.48. The van der Waals surface area contributed by atoms with E-state index in [1.165, 1.54) is 55.6 Å². The smallest absolute Gasteiger partial charge is 0.119 e. The Morgan fingerprint density at radius 3 is 0.669 bits per heavy atom. The molecule has 0 saturated heterocycles. The van der Waals surface area contributed by atoms with E-state index in [2.05, 4.69) is 210 Å². The third-order valence-corrected chi connectivity index (χ3v) is 16.9. The summed E-state index contributed by atoms with van der Waals surface area (Å²) < 4.78 is 314. The summed E-state index contributed by atoms with van der Waals surface area (Å²) in [6.07, 6.45) is 17.2. The quantitative estimate of drug-likeness (QED) is 0.0882. The molecule has 0 fully saturated rings. The van der Waals surface area contributed by atoms with Crippen LogP contribution >= 0.6 is 31.2 Å². The molecular formula is C83H94F24N4O12P4. The van der Waals surface area contributed by atoms with Gasteiger partial charge in [-0.05, 0) is 111 Å². The molecule has 127 heavy (non-hydrogen) atoms. The fourth-order valence-electron chi connectivity index (χ4n) is 11.3. The molecule has 18 bridgehead atoms. The minimum Gasteiger partial charge on any atom is -0.491 e. The molecule has 0 amide bonds. The summed E-state index contributed by atoms with van der Waals surface area (Å²) in [5.41, 5.74) is 12.6. The zero-order valence-corrected chi connectivity index (χ0v) is 71.9. The van der Waals surface area contributed by atoms with Gasteiger partial charge in [0.15, 0.2) is 75.8 Å². The van der Waals surface area contributed by atoms with Crippen LogP contribution in [-0.4, -0.2) is 119 Å². The second-order valence-corrected chi connectivity index (χ2v) is 36.6. The van der Waals surface area contributed by atoms with Crippen LogP contribution in [0.3, 0.4) is 0 Å². The summed E-state index contributed by atoms with van der Waals surface area (Å²) in [7, 11) is -42.6. The Kier molecular flexibility index (Phi) is 34.2. The number of hydrogen-bond acceptors (Lipinski definition) is 12. The number of hydrogen-bond donors (Lipinski definition) is 0. The SMILES string of the molecule is CC(C)(C)c1ccc(C2c3ccc(cc3)C[n+]3ccc(cc3)-c3cc[n+](cc3)CCOc3cccc(c3)OCC[n+]3ccc(cc3)-c3cc[n+](cc3)Cc3ccc2cc3)cc1.F[P-](F)(F)(F)(F)F.F[P-](F)(F)(F)(F)F.F[P-](F)(F)(F)(F)F.F[P-](F)(F)(F)(F)F.c1cc2ccc1OCCOCCOCCOCCOc1ccc(cc1)OCCOCCOCCOCCO2. The molecule has 0 saturated carbocycles. The van der Waals surface area contributed by atoms with Crippen LogP contribution in [0.25, 0.3) is 22.3 Å². The van der Waals surface area contributed by atoms with E-state index >= 15 is 0 Å². The number of halogens is 24. The van der Waals surface area contributed by atoms with Crippen molar-refractivity contribution < 1.29 is 176 Å². The van der Waals surface area contributed by atoms with Gasteiger partial charge in [-0.1, -0.05) is 99.6 Å². The molecule has 0 unspecified atom stereocenters. The maximum Gasteiger partial charge on any atom is 0.119 e. The molecule has 4 aromatic heterocycles. The maximum atomic E-state index is 9.87.